The van der Waals surface area contributed by atoms with Gasteiger partial charge >= 0.3 is 6.09 Å². The summed E-state index contributed by atoms with van der Waals surface area (Å²) in [5.41, 5.74) is 1.69. The Morgan fingerprint density at radius 2 is 2.03 bits per heavy atom. The Kier molecular flexibility index (Phi) is 5.29. The normalized spacial score (nSPS) is 13.6. The summed E-state index contributed by atoms with van der Waals surface area (Å²) in [7, 11) is 1.83. The molecule has 0 aromatic carbocycles. The summed E-state index contributed by atoms with van der Waals surface area (Å²) < 4.78 is 12.3. The third kappa shape index (κ3) is 4.11. The molecule has 4 rings (SSSR count). The highest BCUT2D eigenvalue weighted by Crippen LogP contribution is 2.29. The van der Waals surface area contributed by atoms with Gasteiger partial charge in [0.1, 0.15) is 5.60 Å². The predicted octanol–water partition coefficient (Wildman–Crippen LogP) is 3.26. The number of furan rings is 1. The van der Waals surface area contributed by atoms with E-state index in [9.17, 15) is 14.4 Å². The van der Waals surface area contributed by atoms with Crippen molar-refractivity contribution < 1.29 is 23.5 Å². The van der Waals surface area contributed by atoms with E-state index in [1.807, 2.05) is 11.6 Å². The summed E-state index contributed by atoms with van der Waals surface area (Å²) in [4.78, 5) is 47.3. The maximum atomic E-state index is 13.0. The SMILES string of the molecule is Cn1c(-c2ccnc(NC(=O)c3ccco3)n2)cc2c1CCN(C(=O)OC(C)(C)C)C2=O. The number of imide groups is 1. The number of hydrogen-bond donors (Lipinski definition) is 1. The van der Waals surface area contributed by atoms with E-state index in [0.29, 0.717) is 23.4 Å². The number of rotatable bonds is 3. The van der Waals surface area contributed by atoms with Crippen molar-refractivity contribution in [2.24, 2.45) is 7.05 Å². The van der Waals surface area contributed by atoms with Crippen molar-refractivity contribution in [2.75, 3.05) is 11.9 Å². The molecule has 0 unspecified atom stereocenters. The van der Waals surface area contributed by atoms with Gasteiger partial charge in [0, 0.05) is 31.9 Å². The van der Waals surface area contributed by atoms with Gasteiger partial charge in [-0.1, -0.05) is 0 Å². The molecule has 0 radical (unpaired) electrons. The van der Waals surface area contributed by atoms with E-state index >= 15 is 0 Å². The fourth-order valence-corrected chi connectivity index (χ4v) is 3.46. The fraction of sp³-hybridized carbons (Fsp3) is 0.318. The molecule has 0 atom stereocenters. The van der Waals surface area contributed by atoms with E-state index < -0.39 is 23.5 Å². The lowest BCUT2D eigenvalue weighted by Crippen LogP contribution is -2.44. The third-order valence-electron chi connectivity index (χ3n) is 4.91. The lowest BCUT2D eigenvalue weighted by atomic mass is 10.1. The largest absolute Gasteiger partial charge is 0.459 e. The quantitative estimate of drug-likeness (QED) is 0.668. The molecule has 166 valence electrons. The highest BCUT2D eigenvalue weighted by molar-refractivity contribution is 6.05. The first kappa shape index (κ1) is 21.3. The average molecular weight is 437 g/mol. The summed E-state index contributed by atoms with van der Waals surface area (Å²) >= 11 is 0. The van der Waals surface area contributed by atoms with Gasteiger partial charge in [0.15, 0.2) is 5.76 Å². The van der Waals surface area contributed by atoms with Gasteiger partial charge in [0.25, 0.3) is 11.8 Å². The first-order chi connectivity index (χ1) is 15.1. The van der Waals surface area contributed by atoms with Crippen molar-refractivity contribution in [3.63, 3.8) is 0 Å². The van der Waals surface area contributed by atoms with Gasteiger partial charge in [0.2, 0.25) is 5.95 Å². The Bertz CT molecular complexity index is 1190. The Balaban J connectivity index is 1.60. The van der Waals surface area contributed by atoms with Gasteiger partial charge in [0.05, 0.1) is 23.2 Å². The van der Waals surface area contributed by atoms with Gasteiger partial charge in [-0.2, -0.15) is 0 Å². The van der Waals surface area contributed by atoms with Crippen LogP contribution in [-0.2, 0) is 18.2 Å². The maximum absolute atomic E-state index is 13.0. The zero-order valence-electron chi connectivity index (χ0n) is 18.2. The van der Waals surface area contributed by atoms with Crippen molar-refractivity contribution in [3.05, 3.63) is 53.7 Å². The number of carbonyl (C=O) groups is 3. The Hall–Kier alpha value is -3.95. The minimum absolute atomic E-state index is 0.102. The van der Waals surface area contributed by atoms with E-state index in [0.717, 1.165) is 10.6 Å². The smallest absolute Gasteiger partial charge is 0.417 e. The van der Waals surface area contributed by atoms with E-state index in [1.54, 1.807) is 39.0 Å². The molecule has 10 heteroatoms. The molecule has 32 heavy (non-hydrogen) atoms. The van der Waals surface area contributed by atoms with Crippen molar-refractivity contribution >= 4 is 23.9 Å². The van der Waals surface area contributed by atoms with Crippen LogP contribution in [-0.4, -0.2) is 49.5 Å². The molecule has 10 nitrogen and oxygen atoms in total. The number of carbonyl (C=O) groups excluding carboxylic acids is 3. The second-order valence-corrected chi connectivity index (χ2v) is 8.33. The zero-order chi connectivity index (χ0) is 23.0. The first-order valence-electron chi connectivity index (χ1n) is 10.1. The Labute approximate surface area is 184 Å². The summed E-state index contributed by atoms with van der Waals surface area (Å²) in [6, 6.07) is 6.51. The van der Waals surface area contributed by atoms with Crippen molar-refractivity contribution in [1.29, 1.82) is 0 Å². The third-order valence-corrected chi connectivity index (χ3v) is 4.91. The predicted molar refractivity (Wildman–Crippen MR) is 114 cm³/mol. The molecular weight excluding hydrogens is 414 g/mol. The van der Waals surface area contributed by atoms with Gasteiger partial charge < -0.3 is 13.7 Å². The molecule has 0 saturated carbocycles. The molecule has 0 fully saturated rings. The number of amides is 3. The zero-order valence-corrected chi connectivity index (χ0v) is 18.2. The molecule has 1 aliphatic heterocycles. The van der Waals surface area contributed by atoms with E-state index in [4.69, 9.17) is 9.15 Å². The van der Waals surface area contributed by atoms with Crippen molar-refractivity contribution in [2.45, 2.75) is 32.8 Å². The minimum Gasteiger partial charge on any atom is -0.459 e. The van der Waals surface area contributed by atoms with Crippen molar-refractivity contribution in [1.82, 2.24) is 19.4 Å². The lowest BCUT2D eigenvalue weighted by molar-refractivity contribution is 0.0232. The number of nitrogens with one attached hydrogen (secondary N) is 1. The molecule has 0 bridgehead atoms. The summed E-state index contributed by atoms with van der Waals surface area (Å²) in [6.07, 6.45) is 2.74. The lowest BCUT2D eigenvalue weighted by Gasteiger charge is -2.28. The highest BCUT2D eigenvalue weighted by Gasteiger charge is 2.35. The van der Waals surface area contributed by atoms with Crippen LogP contribution in [0.5, 0.6) is 0 Å². The second-order valence-electron chi connectivity index (χ2n) is 8.33. The second kappa shape index (κ2) is 7.95. The van der Waals surface area contributed by atoms with Gasteiger partial charge in [-0.3, -0.25) is 14.9 Å². The monoisotopic (exact) mass is 437 g/mol. The van der Waals surface area contributed by atoms with Crippen LogP contribution in [0.1, 0.15) is 47.4 Å². The van der Waals surface area contributed by atoms with Crippen LogP contribution < -0.4 is 5.32 Å². The molecule has 1 N–H and O–H groups in total. The van der Waals surface area contributed by atoms with E-state index in [2.05, 4.69) is 15.3 Å². The van der Waals surface area contributed by atoms with Gasteiger partial charge in [-0.15, -0.1) is 0 Å². The van der Waals surface area contributed by atoms with E-state index in [-0.39, 0.29) is 18.3 Å². The first-order valence-corrected chi connectivity index (χ1v) is 10.1. The van der Waals surface area contributed by atoms with Crippen LogP contribution in [0.15, 0.2) is 41.1 Å². The van der Waals surface area contributed by atoms with E-state index in [1.165, 1.54) is 18.5 Å². The van der Waals surface area contributed by atoms with Crippen molar-refractivity contribution in [3.8, 4) is 11.4 Å². The number of ether oxygens (including phenoxy) is 1. The summed E-state index contributed by atoms with van der Waals surface area (Å²) in [5.74, 6) is -0.643. The number of nitrogens with zero attached hydrogens (tertiary/aromatic N) is 4. The fourth-order valence-electron chi connectivity index (χ4n) is 3.46. The Morgan fingerprint density at radius 1 is 1.25 bits per heavy atom. The molecule has 0 aliphatic carbocycles. The summed E-state index contributed by atoms with van der Waals surface area (Å²) in [5, 5.41) is 2.59. The standard InChI is InChI=1S/C22H23N5O5/c1-22(2,3)32-21(30)27-10-8-15-13(19(27)29)12-16(26(15)4)14-7-9-23-20(24-14)25-18(28)17-6-5-11-31-17/h5-7,9,11-12H,8,10H2,1-4H3,(H,23,24,25,28). The maximum Gasteiger partial charge on any atom is 0.417 e. The molecule has 3 aromatic heterocycles. The van der Waals surface area contributed by atoms with Gasteiger partial charge in [-0.05, 0) is 45.0 Å². The Morgan fingerprint density at radius 3 is 2.72 bits per heavy atom. The number of anilines is 1. The topological polar surface area (TPSA) is 120 Å². The molecule has 0 spiro atoms. The molecular formula is C22H23N5O5. The molecule has 0 saturated heterocycles. The van der Waals surface area contributed by atoms with Crippen LogP contribution in [0.2, 0.25) is 0 Å². The van der Waals surface area contributed by atoms with Crippen LogP contribution >= 0.6 is 0 Å². The number of fused-ring (bicyclic) bond motifs is 1. The van der Waals surface area contributed by atoms with Crippen LogP contribution in [0.4, 0.5) is 10.7 Å². The summed E-state index contributed by atoms with van der Waals surface area (Å²) in [6.45, 7) is 5.49. The molecule has 1 aliphatic rings. The molecule has 3 aromatic rings. The van der Waals surface area contributed by atoms with Crippen LogP contribution in [0.3, 0.4) is 0 Å². The average Bonchev–Trinajstić information content (AvgIpc) is 3.36. The van der Waals surface area contributed by atoms with Gasteiger partial charge in [-0.25, -0.2) is 19.7 Å². The highest BCUT2D eigenvalue weighted by atomic mass is 16.6. The van der Waals surface area contributed by atoms with Crippen LogP contribution in [0.25, 0.3) is 11.4 Å². The minimum atomic E-state index is -0.697. The molecule has 4 heterocycles. The number of aromatic nitrogens is 3. The molecule has 3 amide bonds. The van der Waals surface area contributed by atoms with Crippen LogP contribution in [0, 0.1) is 0 Å². The number of hydrogen-bond acceptors (Lipinski definition) is 7.